The maximum absolute atomic E-state index is 7.03. The maximum Gasteiger partial charge on any atom is 0.166 e. The molecule has 4 heterocycles. The minimum Gasteiger partial charge on any atom is -0.455 e. The highest BCUT2D eigenvalue weighted by molar-refractivity contribution is 6.28. The second-order valence-corrected chi connectivity index (χ2v) is 17.0. The number of benzene rings is 9. The molecule has 0 aliphatic carbocycles. The number of para-hydroxylation sites is 3. The normalized spacial score (nSPS) is 11.5. The number of aromatic nitrogens is 5. The van der Waals surface area contributed by atoms with Crippen molar-refractivity contribution < 1.29 is 4.42 Å². The van der Waals surface area contributed by atoms with E-state index in [0.717, 1.165) is 105 Å². The lowest BCUT2D eigenvalue weighted by Gasteiger charge is -2.15. The molecule has 0 bridgehead atoms. The number of fused-ring (bicyclic) bond motifs is 7. The maximum atomic E-state index is 7.03. The molecule has 0 radical (unpaired) electrons. The summed E-state index contributed by atoms with van der Waals surface area (Å²) in [4.78, 5) is 21.1. The minimum atomic E-state index is 0.506. The van der Waals surface area contributed by atoms with Gasteiger partial charge in [-0.1, -0.05) is 170 Å². The summed E-state index contributed by atoms with van der Waals surface area (Å²) >= 11 is 0. The van der Waals surface area contributed by atoms with Gasteiger partial charge in [0.15, 0.2) is 17.5 Å². The fraction of sp³-hybridized carbons (Fsp3) is 0. The van der Waals surface area contributed by atoms with E-state index >= 15 is 0 Å². The zero-order valence-corrected chi connectivity index (χ0v) is 36.7. The van der Waals surface area contributed by atoms with Gasteiger partial charge in [0, 0.05) is 61.2 Å². The summed E-state index contributed by atoms with van der Waals surface area (Å²) in [6.07, 6.45) is 1.97. The Kier molecular flexibility index (Phi) is 9.39. The van der Waals surface area contributed by atoms with Gasteiger partial charge in [0.05, 0.1) is 16.7 Å². The van der Waals surface area contributed by atoms with E-state index < -0.39 is 0 Å². The third kappa shape index (κ3) is 6.74. The summed E-state index contributed by atoms with van der Waals surface area (Å²) in [7, 11) is 0. The Hall–Kier alpha value is -9.26. The van der Waals surface area contributed by atoms with Crippen LogP contribution in [-0.4, -0.2) is 24.5 Å². The van der Waals surface area contributed by atoms with Crippen LogP contribution in [-0.2, 0) is 0 Å². The number of hydrogen-bond donors (Lipinski definition) is 0. The zero-order chi connectivity index (χ0) is 45.0. The van der Waals surface area contributed by atoms with Crippen LogP contribution in [0.15, 0.2) is 241 Å². The van der Waals surface area contributed by atoms with Crippen LogP contribution in [0.4, 0.5) is 0 Å². The Morgan fingerprint density at radius 1 is 0.338 bits per heavy atom. The van der Waals surface area contributed by atoms with Crippen LogP contribution < -0.4 is 0 Å². The first-order valence-electron chi connectivity index (χ1n) is 22.8. The Labute approximate surface area is 392 Å². The van der Waals surface area contributed by atoms with Crippen molar-refractivity contribution >= 4 is 43.7 Å². The van der Waals surface area contributed by atoms with Crippen molar-refractivity contribution in [1.82, 2.24) is 24.5 Å². The summed E-state index contributed by atoms with van der Waals surface area (Å²) in [5, 5.41) is 4.37. The molecule has 0 saturated carbocycles. The zero-order valence-electron chi connectivity index (χ0n) is 36.7. The van der Waals surface area contributed by atoms with Crippen LogP contribution in [0.25, 0.3) is 128 Å². The van der Waals surface area contributed by atoms with E-state index in [-0.39, 0.29) is 0 Å². The molecule has 0 unspecified atom stereocenters. The average molecular weight is 870 g/mol. The predicted octanol–water partition coefficient (Wildman–Crippen LogP) is 15.9. The smallest absolute Gasteiger partial charge is 0.166 e. The molecule has 6 heteroatoms. The van der Waals surface area contributed by atoms with Gasteiger partial charge in [-0.3, -0.25) is 4.98 Å². The van der Waals surface area contributed by atoms with Gasteiger partial charge in [0.25, 0.3) is 0 Å². The monoisotopic (exact) mass is 869 g/mol. The van der Waals surface area contributed by atoms with Gasteiger partial charge < -0.3 is 8.98 Å². The topological polar surface area (TPSA) is 69.6 Å². The van der Waals surface area contributed by atoms with Gasteiger partial charge in [0.1, 0.15) is 11.2 Å². The molecule has 0 fully saturated rings. The van der Waals surface area contributed by atoms with E-state index in [2.05, 4.69) is 174 Å². The van der Waals surface area contributed by atoms with Crippen molar-refractivity contribution in [3.8, 4) is 84.5 Å². The lowest BCUT2D eigenvalue weighted by atomic mass is 9.92. The Bertz CT molecular complexity index is 3880. The first-order valence-corrected chi connectivity index (χ1v) is 22.8. The Morgan fingerprint density at radius 2 is 0.853 bits per heavy atom. The van der Waals surface area contributed by atoms with E-state index in [1.54, 1.807) is 0 Å². The lowest BCUT2D eigenvalue weighted by molar-refractivity contribution is 0.670. The van der Waals surface area contributed by atoms with Gasteiger partial charge in [0.2, 0.25) is 0 Å². The first-order chi connectivity index (χ1) is 33.7. The third-order valence-corrected chi connectivity index (χ3v) is 12.9. The lowest BCUT2D eigenvalue weighted by Crippen LogP contribution is -2.02. The summed E-state index contributed by atoms with van der Waals surface area (Å²) < 4.78 is 9.37. The quantitative estimate of drug-likeness (QED) is 0.152. The van der Waals surface area contributed by atoms with Crippen LogP contribution in [0.1, 0.15) is 0 Å². The highest BCUT2D eigenvalue weighted by Gasteiger charge is 2.24. The molecule has 0 spiro atoms. The van der Waals surface area contributed by atoms with E-state index in [1.165, 1.54) is 0 Å². The molecule has 13 aromatic rings. The second-order valence-electron chi connectivity index (χ2n) is 17.0. The van der Waals surface area contributed by atoms with Crippen molar-refractivity contribution in [3.63, 3.8) is 0 Å². The van der Waals surface area contributed by atoms with Crippen molar-refractivity contribution in [2.75, 3.05) is 0 Å². The number of rotatable bonds is 8. The summed E-state index contributed by atoms with van der Waals surface area (Å²) in [5.74, 6) is 1.65. The predicted molar refractivity (Wildman–Crippen MR) is 277 cm³/mol. The third-order valence-electron chi connectivity index (χ3n) is 12.9. The Morgan fingerprint density at radius 3 is 1.47 bits per heavy atom. The molecule has 0 saturated heterocycles. The number of hydrogen-bond acceptors (Lipinski definition) is 5. The molecular formula is C62H39N5O. The molecule has 0 amide bonds. The van der Waals surface area contributed by atoms with Crippen molar-refractivity contribution in [3.05, 3.63) is 237 Å². The molecule has 0 aliphatic heterocycles. The number of pyridine rings is 1. The van der Waals surface area contributed by atoms with Crippen LogP contribution in [0.2, 0.25) is 0 Å². The van der Waals surface area contributed by atoms with Crippen LogP contribution in [0, 0.1) is 0 Å². The van der Waals surface area contributed by atoms with Crippen molar-refractivity contribution in [2.24, 2.45) is 0 Å². The van der Waals surface area contributed by atoms with E-state index in [4.69, 9.17) is 24.4 Å². The van der Waals surface area contributed by atoms with Gasteiger partial charge in [-0.05, 0) is 88.5 Å². The SMILES string of the molecule is c1ccc(-c2cc(-c3ccccc3)cc(-c3cnc(-c4cccc5c4oc4ccc6c(c7ccccc7n6-c6ccccc6)c45)c(-c4nc(-c5ccccc5)nc(-c5ccccc5)n4)c3)c2)cc1. The molecule has 0 N–H and O–H groups in total. The fourth-order valence-corrected chi connectivity index (χ4v) is 9.71. The summed E-state index contributed by atoms with van der Waals surface area (Å²) in [6.45, 7) is 0. The van der Waals surface area contributed by atoms with E-state index in [1.807, 2.05) is 66.9 Å². The number of nitrogens with zero attached hydrogens (tertiary/aromatic N) is 5. The van der Waals surface area contributed by atoms with Crippen molar-refractivity contribution in [2.45, 2.75) is 0 Å². The largest absolute Gasteiger partial charge is 0.455 e. The molecule has 6 nitrogen and oxygen atoms in total. The van der Waals surface area contributed by atoms with Gasteiger partial charge >= 0.3 is 0 Å². The van der Waals surface area contributed by atoms with Crippen molar-refractivity contribution in [1.29, 1.82) is 0 Å². The minimum absolute atomic E-state index is 0.506. The summed E-state index contributed by atoms with van der Waals surface area (Å²) in [6, 6.07) is 80.0. The van der Waals surface area contributed by atoms with Crippen LogP contribution >= 0.6 is 0 Å². The molecule has 0 aliphatic rings. The average Bonchev–Trinajstić information content (AvgIpc) is 3.98. The van der Waals surface area contributed by atoms with Gasteiger partial charge in [-0.2, -0.15) is 0 Å². The fourth-order valence-electron chi connectivity index (χ4n) is 9.71. The molecule has 0 atom stereocenters. The first kappa shape index (κ1) is 39.1. The Balaban J connectivity index is 1.08. The molecule has 68 heavy (non-hydrogen) atoms. The van der Waals surface area contributed by atoms with Crippen LogP contribution in [0.5, 0.6) is 0 Å². The standard InChI is InChI=1S/C62H39N5O/c1-6-19-40(20-7-1)44-35-45(41-21-8-2-9-22-41)37-46(36-44)47-38-52(62-65-60(42-23-10-3-11-24-42)64-61(66-62)43-25-12-4-13-26-43)58(63-39-47)51-31-18-30-50-57-55(68-59(50)51)34-33-54-56(57)49-29-16-17-32-53(49)67(54)48-27-14-5-15-28-48/h1-39H. The number of furan rings is 1. The van der Waals surface area contributed by atoms with E-state index in [0.29, 0.717) is 23.2 Å². The second kappa shape index (κ2) is 16.3. The molecular weight excluding hydrogens is 831 g/mol. The van der Waals surface area contributed by atoms with E-state index in [9.17, 15) is 0 Å². The molecule has 4 aromatic heterocycles. The van der Waals surface area contributed by atoms with Gasteiger partial charge in [-0.25, -0.2) is 15.0 Å². The molecule has 318 valence electrons. The highest BCUT2D eigenvalue weighted by Crippen LogP contribution is 2.45. The van der Waals surface area contributed by atoms with Crippen LogP contribution in [0.3, 0.4) is 0 Å². The van der Waals surface area contributed by atoms with Gasteiger partial charge in [-0.15, -0.1) is 0 Å². The highest BCUT2D eigenvalue weighted by atomic mass is 16.3. The molecule has 9 aromatic carbocycles. The summed E-state index contributed by atoms with van der Waals surface area (Å²) in [5.41, 5.74) is 15.4. The molecule has 13 rings (SSSR count).